The Labute approximate surface area is 150 Å². The second-order valence-corrected chi connectivity index (χ2v) is 8.76. The lowest BCUT2D eigenvalue weighted by molar-refractivity contribution is -0.132. The van der Waals surface area contributed by atoms with Crippen LogP contribution in [0, 0.1) is 17.8 Å². The molecule has 134 valence electrons. The molecule has 2 bridgehead atoms. The van der Waals surface area contributed by atoms with Crippen molar-refractivity contribution in [2.75, 3.05) is 18.8 Å². The first-order chi connectivity index (χ1) is 11.7. The van der Waals surface area contributed by atoms with Crippen molar-refractivity contribution in [3.63, 3.8) is 0 Å². The molecule has 3 rings (SSSR count). The van der Waals surface area contributed by atoms with Gasteiger partial charge in [0, 0.05) is 13.1 Å². The van der Waals surface area contributed by atoms with Crippen molar-refractivity contribution in [1.82, 2.24) is 4.90 Å². The Bertz CT molecular complexity index is 514. The van der Waals surface area contributed by atoms with Gasteiger partial charge in [0.1, 0.15) is 0 Å². The van der Waals surface area contributed by atoms with Crippen molar-refractivity contribution in [2.24, 2.45) is 17.8 Å². The van der Waals surface area contributed by atoms with E-state index in [9.17, 15) is 9.90 Å². The molecule has 3 nitrogen and oxygen atoms in total. The number of aliphatic carboxylic acids is 1. The number of unbranched alkanes of at least 4 members (excludes halogenated alkanes) is 3. The number of rotatable bonds is 9. The topological polar surface area (TPSA) is 40.5 Å². The van der Waals surface area contributed by atoms with Gasteiger partial charge in [0.05, 0.1) is 10.6 Å². The molecule has 0 amide bonds. The van der Waals surface area contributed by atoms with Gasteiger partial charge in [-0.05, 0) is 55.3 Å². The molecule has 0 radical (unpaired) electrons. The third-order valence-corrected chi connectivity index (χ3v) is 7.18. The Hall–Kier alpha value is -0.900. The lowest BCUT2D eigenvalue weighted by Gasteiger charge is -2.34. The molecule has 2 aliphatic carbocycles. The van der Waals surface area contributed by atoms with Crippen LogP contribution in [0.2, 0.25) is 0 Å². The van der Waals surface area contributed by atoms with Crippen LogP contribution in [0.4, 0.5) is 0 Å². The molecule has 24 heavy (non-hydrogen) atoms. The van der Waals surface area contributed by atoms with E-state index in [0.29, 0.717) is 5.57 Å². The second-order valence-electron chi connectivity index (χ2n) is 7.68. The zero-order chi connectivity index (χ0) is 16.9. The molecule has 3 atom stereocenters. The number of hydrogen-bond acceptors (Lipinski definition) is 3. The molecular weight excluding hydrogens is 318 g/mol. The zero-order valence-corrected chi connectivity index (χ0v) is 15.7. The van der Waals surface area contributed by atoms with Crippen molar-refractivity contribution < 1.29 is 9.90 Å². The predicted octanol–water partition coefficient (Wildman–Crippen LogP) is 4.90. The highest BCUT2D eigenvalue weighted by molar-refractivity contribution is 8.03. The summed E-state index contributed by atoms with van der Waals surface area (Å²) in [5.74, 6) is 2.88. The molecule has 0 aromatic carbocycles. The fourth-order valence-corrected chi connectivity index (χ4v) is 5.88. The number of hydrogen-bond donors (Lipinski definition) is 1. The monoisotopic (exact) mass is 349 g/mol. The lowest BCUT2D eigenvalue weighted by atomic mass is 9.88. The van der Waals surface area contributed by atoms with Gasteiger partial charge >= 0.3 is 5.97 Å². The molecule has 4 heteroatoms. The molecule has 1 aliphatic heterocycles. The van der Waals surface area contributed by atoms with Crippen LogP contribution in [0.3, 0.4) is 0 Å². The van der Waals surface area contributed by atoms with E-state index in [1.54, 1.807) is 11.8 Å². The van der Waals surface area contributed by atoms with Crippen LogP contribution >= 0.6 is 11.8 Å². The van der Waals surface area contributed by atoms with Gasteiger partial charge in [0.25, 0.3) is 0 Å². The first-order valence-electron chi connectivity index (χ1n) is 9.71. The maximum atomic E-state index is 11.7. The Morgan fingerprint density at radius 1 is 1.29 bits per heavy atom. The van der Waals surface area contributed by atoms with Crippen LogP contribution in [0.5, 0.6) is 0 Å². The van der Waals surface area contributed by atoms with Crippen LogP contribution in [-0.4, -0.2) is 34.8 Å². The second kappa shape index (κ2) is 8.46. The van der Waals surface area contributed by atoms with E-state index in [4.69, 9.17) is 0 Å². The average Bonchev–Trinajstić information content (AvgIpc) is 3.18. The van der Waals surface area contributed by atoms with Crippen LogP contribution in [-0.2, 0) is 4.79 Å². The zero-order valence-electron chi connectivity index (χ0n) is 14.9. The summed E-state index contributed by atoms with van der Waals surface area (Å²) in [6.45, 7) is 4.16. The van der Waals surface area contributed by atoms with E-state index < -0.39 is 5.97 Å². The Morgan fingerprint density at radius 2 is 2.17 bits per heavy atom. The first kappa shape index (κ1) is 17.9. The highest BCUT2D eigenvalue weighted by Crippen LogP contribution is 2.49. The number of carboxylic acids is 1. The number of thioether (sulfide) groups is 1. The fraction of sp³-hybridized carbons (Fsp3) is 0.750. The van der Waals surface area contributed by atoms with Crippen LogP contribution in [0.25, 0.3) is 0 Å². The van der Waals surface area contributed by atoms with E-state index in [2.05, 4.69) is 11.8 Å². The Balaban J connectivity index is 1.62. The van der Waals surface area contributed by atoms with E-state index in [1.165, 1.54) is 51.4 Å². The molecule has 3 unspecified atom stereocenters. The number of carbonyl (C=O) groups is 1. The number of fused-ring (bicyclic) bond motifs is 2. The van der Waals surface area contributed by atoms with E-state index >= 15 is 0 Å². The molecule has 0 aromatic rings. The van der Waals surface area contributed by atoms with Gasteiger partial charge in [-0.1, -0.05) is 38.7 Å². The van der Waals surface area contributed by atoms with Crippen molar-refractivity contribution in [3.05, 3.63) is 22.8 Å². The summed E-state index contributed by atoms with van der Waals surface area (Å²) in [5.41, 5.74) is 0.505. The summed E-state index contributed by atoms with van der Waals surface area (Å²) in [5, 5.41) is 10.6. The van der Waals surface area contributed by atoms with Crippen molar-refractivity contribution >= 4 is 17.7 Å². The molecule has 0 saturated heterocycles. The van der Waals surface area contributed by atoms with Gasteiger partial charge in [-0.15, -0.1) is 11.8 Å². The minimum Gasteiger partial charge on any atom is -0.478 e. The highest BCUT2D eigenvalue weighted by Gasteiger charge is 2.40. The number of carboxylic acid groups (broad SMARTS) is 1. The maximum absolute atomic E-state index is 11.7. The van der Waals surface area contributed by atoms with Crippen LogP contribution in [0.15, 0.2) is 22.8 Å². The first-order valence-corrected chi connectivity index (χ1v) is 10.7. The summed E-state index contributed by atoms with van der Waals surface area (Å²) in [7, 11) is 0. The quantitative estimate of drug-likeness (QED) is 0.601. The largest absolute Gasteiger partial charge is 0.478 e. The standard InChI is InChI=1S/C20H31NO2S/c1-2-3-4-5-11-24-19-18(20(22)23)7-6-10-21(19)14-17-13-15-8-9-16(17)12-15/h6-7,15-17H,2-5,8-14H2,1H3,(H,22,23). The minimum absolute atomic E-state index is 0.505. The Kier molecular flexibility index (Phi) is 6.31. The molecular formula is C20H31NO2S. The van der Waals surface area contributed by atoms with Gasteiger partial charge in [0.15, 0.2) is 0 Å². The third-order valence-electron chi connectivity index (χ3n) is 5.93. The summed E-state index contributed by atoms with van der Waals surface area (Å²) in [4.78, 5) is 14.0. The van der Waals surface area contributed by atoms with Gasteiger partial charge < -0.3 is 10.0 Å². The molecule has 0 spiro atoms. The summed E-state index contributed by atoms with van der Waals surface area (Å²) in [6, 6.07) is 0. The predicted molar refractivity (Wildman–Crippen MR) is 101 cm³/mol. The lowest BCUT2D eigenvalue weighted by Crippen LogP contribution is -2.33. The molecule has 2 fully saturated rings. The SMILES string of the molecule is CCCCCCSC1=C(C(=O)O)C=CCN1CC1CC2CCC1C2. The summed E-state index contributed by atoms with van der Waals surface area (Å²) >= 11 is 1.77. The van der Waals surface area contributed by atoms with E-state index in [1.807, 2.05) is 12.2 Å². The highest BCUT2D eigenvalue weighted by atomic mass is 32.2. The van der Waals surface area contributed by atoms with Gasteiger partial charge in [-0.25, -0.2) is 4.79 Å². The summed E-state index contributed by atoms with van der Waals surface area (Å²) < 4.78 is 0. The Morgan fingerprint density at radius 3 is 2.83 bits per heavy atom. The molecule has 2 saturated carbocycles. The smallest absolute Gasteiger partial charge is 0.338 e. The van der Waals surface area contributed by atoms with Gasteiger partial charge in [0.2, 0.25) is 0 Å². The minimum atomic E-state index is -0.778. The molecule has 1 N–H and O–H groups in total. The maximum Gasteiger partial charge on any atom is 0.338 e. The van der Waals surface area contributed by atoms with E-state index in [0.717, 1.165) is 41.6 Å². The average molecular weight is 350 g/mol. The van der Waals surface area contributed by atoms with Crippen molar-refractivity contribution in [3.8, 4) is 0 Å². The normalized spacial score (nSPS) is 28.9. The molecule has 1 heterocycles. The van der Waals surface area contributed by atoms with E-state index in [-0.39, 0.29) is 0 Å². The summed E-state index contributed by atoms with van der Waals surface area (Å²) in [6.07, 6.45) is 14.4. The molecule has 0 aromatic heterocycles. The van der Waals surface area contributed by atoms with Crippen LogP contribution in [0.1, 0.15) is 58.3 Å². The fourth-order valence-electron chi connectivity index (χ4n) is 4.69. The third kappa shape index (κ3) is 4.19. The van der Waals surface area contributed by atoms with Gasteiger partial charge in [-0.2, -0.15) is 0 Å². The van der Waals surface area contributed by atoms with Crippen LogP contribution < -0.4 is 0 Å². The van der Waals surface area contributed by atoms with Crippen molar-refractivity contribution in [1.29, 1.82) is 0 Å². The molecule has 3 aliphatic rings. The number of nitrogens with zero attached hydrogens (tertiary/aromatic N) is 1. The van der Waals surface area contributed by atoms with Crippen molar-refractivity contribution in [2.45, 2.75) is 58.3 Å². The van der Waals surface area contributed by atoms with Gasteiger partial charge in [-0.3, -0.25) is 0 Å².